The number of halogens is 2. The summed E-state index contributed by atoms with van der Waals surface area (Å²) in [5.74, 6) is 0.526. The average Bonchev–Trinajstić information content (AvgIpc) is 3.32. The van der Waals surface area contributed by atoms with Crippen LogP contribution in [0.25, 0.3) is 0 Å². The number of nitrogens with zero attached hydrogens (tertiary/aromatic N) is 2. The number of carbonyl (C=O) groups is 1. The first-order valence-corrected chi connectivity index (χ1v) is 9.25. The minimum Gasteiger partial charge on any atom is -0.467 e. The van der Waals surface area contributed by atoms with Gasteiger partial charge in [0.1, 0.15) is 11.8 Å². The maximum atomic E-state index is 13.0. The van der Waals surface area contributed by atoms with Crippen LogP contribution in [0.5, 0.6) is 0 Å². The molecule has 0 spiro atoms. The number of hydrogen-bond acceptors (Lipinski definition) is 3. The van der Waals surface area contributed by atoms with Crippen LogP contribution in [-0.2, 0) is 0 Å². The Hall–Kier alpha value is -2.37. The Morgan fingerprint density at radius 2 is 1.85 bits per heavy atom. The fourth-order valence-corrected chi connectivity index (χ4v) is 3.33. The number of hydrogen-bond donors (Lipinski definition) is 0. The molecule has 0 unspecified atom stereocenters. The third kappa shape index (κ3) is 3.32. The van der Waals surface area contributed by atoms with Gasteiger partial charge in [-0.3, -0.25) is 4.79 Å². The van der Waals surface area contributed by atoms with Gasteiger partial charge in [-0.15, -0.1) is 0 Å². The van der Waals surface area contributed by atoms with Gasteiger partial charge >= 0.3 is 0 Å². The van der Waals surface area contributed by atoms with Crippen LogP contribution in [0.3, 0.4) is 0 Å². The molecular weight excluding hydrogens is 416 g/mol. The maximum Gasteiger partial charge on any atom is 0.274 e. The van der Waals surface area contributed by atoms with Crippen LogP contribution in [0.2, 0.25) is 5.02 Å². The van der Waals surface area contributed by atoms with Gasteiger partial charge in [-0.1, -0.05) is 39.7 Å². The number of rotatable bonds is 3. The Morgan fingerprint density at radius 3 is 2.50 bits per heavy atom. The number of amides is 1. The second-order valence-corrected chi connectivity index (χ2v) is 7.30. The molecule has 6 heteroatoms. The largest absolute Gasteiger partial charge is 0.467 e. The lowest BCUT2D eigenvalue weighted by atomic mass is 10.0. The van der Waals surface area contributed by atoms with E-state index in [-0.39, 0.29) is 11.9 Å². The number of furan rings is 1. The first kappa shape index (κ1) is 17.1. The van der Waals surface area contributed by atoms with Crippen molar-refractivity contribution in [3.8, 4) is 0 Å². The van der Waals surface area contributed by atoms with Crippen molar-refractivity contribution in [1.29, 1.82) is 0 Å². The zero-order valence-electron chi connectivity index (χ0n) is 13.6. The third-order valence-electron chi connectivity index (χ3n) is 4.26. The van der Waals surface area contributed by atoms with Gasteiger partial charge in [0, 0.05) is 21.5 Å². The Balaban J connectivity index is 1.70. The van der Waals surface area contributed by atoms with Gasteiger partial charge in [-0.2, -0.15) is 5.10 Å². The quantitative estimate of drug-likeness (QED) is 0.537. The molecule has 3 aromatic rings. The van der Waals surface area contributed by atoms with E-state index in [2.05, 4.69) is 21.0 Å². The highest BCUT2D eigenvalue weighted by Gasteiger charge is 2.35. The zero-order chi connectivity index (χ0) is 18.1. The molecule has 0 N–H and O–H groups in total. The summed E-state index contributed by atoms with van der Waals surface area (Å²) in [6.07, 6.45) is 2.20. The standard InChI is InChI=1S/C20H14BrClN2O2/c21-15-7-3-13(4-8-15)17-12-18(19-2-1-11-26-19)24(23-17)20(25)14-5-9-16(22)10-6-14/h1-11,18H,12H2/t18-/m1/s1. The summed E-state index contributed by atoms with van der Waals surface area (Å²) >= 11 is 9.37. The van der Waals surface area contributed by atoms with Gasteiger partial charge in [0.05, 0.1) is 12.0 Å². The van der Waals surface area contributed by atoms with Crippen LogP contribution in [0, 0.1) is 0 Å². The van der Waals surface area contributed by atoms with Gasteiger partial charge in [-0.05, 0) is 54.1 Å². The predicted octanol–water partition coefficient (Wildman–Crippen LogP) is 5.69. The second-order valence-electron chi connectivity index (χ2n) is 5.95. The van der Waals surface area contributed by atoms with Crippen molar-refractivity contribution < 1.29 is 9.21 Å². The Kier molecular flexibility index (Phi) is 4.66. The molecular formula is C20H14BrClN2O2. The summed E-state index contributed by atoms with van der Waals surface area (Å²) in [4.78, 5) is 13.0. The number of benzene rings is 2. The highest BCUT2D eigenvalue weighted by Crippen LogP contribution is 2.34. The monoisotopic (exact) mass is 428 g/mol. The SMILES string of the molecule is O=C(c1ccc(Cl)cc1)N1N=C(c2ccc(Br)cc2)C[C@@H]1c1ccco1. The summed E-state index contributed by atoms with van der Waals surface area (Å²) in [6.45, 7) is 0. The van der Waals surface area contributed by atoms with Crippen molar-refractivity contribution in [2.24, 2.45) is 5.10 Å². The average molecular weight is 430 g/mol. The molecule has 26 heavy (non-hydrogen) atoms. The van der Waals surface area contributed by atoms with Crippen LogP contribution in [0.15, 0.2) is 80.9 Å². The van der Waals surface area contributed by atoms with E-state index in [0.29, 0.717) is 22.8 Å². The third-order valence-corrected chi connectivity index (χ3v) is 5.04. The molecule has 1 amide bonds. The van der Waals surface area contributed by atoms with E-state index in [1.54, 1.807) is 30.5 Å². The van der Waals surface area contributed by atoms with E-state index >= 15 is 0 Å². The molecule has 1 aliphatic heterocycles. The van der Waals surface area contributed by atoms with Crippen LogP contribution < -0.4 is 0 Å². The van der Waals surface area contributed by atoms with E-state index in [0.717, 1.165) is 15.7 Å². The molecule has 0 saturated heterocycles. The van der Waals surface area contributed by atoms with Crippen molar-refractivity contribution >= 4 is 39.1 Å². The molecule has 4 nitrogen and oxygen atoms in total. The van der Waals surface area contributed by atoms with Crippen molar-refractivity contribution in [2.45, 2.75) is 12.5 Å². The van der Waals surface area contributed by atoms with E-state index in [1.165, 1.54) is 5.01 Å². The molecule has 130 valence electrons. The lowest BCUT2D eigenvalue weighted by Crippen LogP contribution is -2.26. The van der Waals surface area contributed by atoms with Crippen LogP contribution >= 0.6 is 27.5 Å². The summed E-state index contributed by atoms with van der Waals surface area (Å²) in [5, 5.41) is 6.70. The van der Waals surface area contributed by atoms with Crippen LogP contribution in [0.1, 0.15) is 34.1 Å². The first-order chi connectivity index (χ1) is 12.6. The number of carbonyl (C=O) groups excluding carboxylic acids is 1. The molecule has 2 heterocycles. The Bertz CT molecular complexity index is 950. The molecule has 0 aliphatic carbocycles. The van der Waals surface area contributed by atoms with E-state index in [4.69, 9.17) is 16.0 Å². The predicted molar refractivity (Wildman–Crippen MR) is 104 cm³/mol. The fourth-order valence-electron chi connectivity index (χ4n) is 2.94. The maximum absolute atomic E-state index is 13.0. The number of hydrazone groups is 1. The van der Waals surface area contributed by atoms with E-state index in [9.17, 15) is 4.79 Å². The van der Waals surface area contributed by atoms with Crippen LogP contribution in [0.4, 0.5) is 0 Å². The normalized spacial score (nSPS) is 16.6. The Morgan fingerprint density at radius 1 is 1.12 bits per heavy atom. The molecule has 4 rings (SSSR count). The second kappa shape index (κ2) is 7.09. The minimum atomic E-state index is -0.271. The molecule has 2 aromatic carbocycles. The lowest BCUT2D eigenvalue weighted by molar-refractivity contribution is 0.0693. The summed E-state index contributed by atoms with van der Waals surface area (Å²) in [7, 11) is 0. The smallest absolute Gasteiger partial charge is 0.274 e. The molecule has 1 atom stereocenters. The van der Waals surface area contributed by atoms with E-state index in [1.807, 2.05) is 36.4 Å². The molecule has 0 radical (unpaired) electrons. The lowest BCUT2D eigenvalue weighted by Gasteiger charge is -2.19. The summed E-state index contributed by atoms with van der Waals surface area (Å²) in [6, 6.07) is 18.1. The first-order valence-electron chi connectivity index (χ1n) is 8.08. The van der Waals surface area contributed by atoms with E-state index < -0.39 is 0 Å². The molecule has 0 fully saturated rings. The van der Waals surface area contributed by atoms with Gasteiger partial charge < -0.3 is 4.42 Å². The molecule has 0 saturated carbocycles. The summed E-state index contributed by atoms with van der Waals surface area (Å²) in [5.41, 5.74) is 2.36. The highest BCUT2D eigenvalue weighted by atomic mass is 79.9. The van der Waals surface area contributed by atoms with Crippen LogP contribution in [-0.4, -0.2) is 16.6 Å². The highest BCUT2D eigenvalue weighted by molar-refractivity contribution is 9.10. The van der Waals surface area contributed by atoms with Crippen molar-refractivity contribution in [3.05, 3.63) is 93.3 Å². The summed E-state index contributed by atoms with van der Waals surface area (Å²) < 4.78 is 6.56. The molecule has 0 bridgehead atoms. The van der Waals surface area contributed by atoms with Crippen molar-refractivity contribution in [1.82, 2.24) is 5.01 Å². The van der Waals surface area contributed by atoms with Gasteiger partial charge in [-0.25, -0.2) is 5.01 Å². The van der Waals surface area contributed by atoms with Gasteiger partial charge in [0.2, 0.25) is 0 Å². The topological polar surface area (TPSA) is 45.8 Å². The fraction of sp³-hybridized carbons (Fsp3) is 0.100. The molecule has 1 aromatic heterocycles. The molecule has 1 aliphatic rings. The van der Waals surface area contributed by atoms with Crippen molar-refractivity contribution in [3.63, 3.8) is 0 Å². The minimum absolute atomic E-state index is 0.185. The van der Waals surface area contributed by atoms with Gasteiger partial charge in [0.15, 0.2) is 0 Å². The Labute approximate surface area is 164 Å². The zero-order valence-corrected chi connectivity index (χ0v) is 15.9. The van der Waals surface area contributed by atoms with Crippen molar-refractivity contribution in [2.75, 3.05) is 0 Å². The van der Waals surface area contributed by atoms with Gasteiger partial charge in [0.25, 0.3) is 5.91 Å².